The van der Waals surface area contributed by atoms with Crippen LogP contribution in [0.15, 0.2) is 30.7 Å². The number of pyridine rings is 1. The normalized spacial score (nSPS) is 10.0. The van der Waals surface area contributed by atoms with Crippen molar-refractivity contribution in [2.45, 2.75) is 6.92 Å². The quantitative estimate of drug-likeness (QED) is 0.827. The van der Waals surface area contributed by atoms with E-state index in [4.69, 9.17) is 11.6 Å². The van der Waals surface area contributed by atoms with Crippen molar-refractivity contribution in [2.24, 2.45) is 0 Å². The number of carbonyl (C=O) groups is 1. The summed E-state index contributed by atoms with van der Waals surface area (Å²) in [6.07, 6.45) is 4.42. The van der Waals surface area contributed by atoms with Gasteiger partial charge in [0.05, 0.1) is 23.6 Å². The molecule has 0 bridgehead atoms. The van der Waals surface area contributed by atoms with Gasteiger partial charge < -0.3 is 5.32 Å². The Bertz CT molecular complexity index is 524. The summed E-state index contributed by atoms with van der Waals surface area (Å²) >= 11 is 5.91. The minimum atomic E-state index is -0.294. The number of nitrogens with one attached hydrogen (secondary N) is 1. The van der Waals surface area contributed by atoms with Gasteiger partial charge in [0.1, 0.15) is 0 Å². The van der Waals surface area contributed by atoms with Gasteiger partial charge in [0.15, 0.2) is 5.15 Å². The highest BCUT2D eigenvalue weighted by molar-refractivity contribution is 6.32. The van der Waals surface area contributed by atoms with E-state index in [2.05, 4.69) is 20.5 Å². The molecule has 2 rings (SSSR count). The number of rotatable bonds is 2. The molecule has 0 saturated carbocycles. The van der Waals surface area contributed by atoms with E-state index in [1.807, 2.05) is 6.92 Å². The zero-order chi connectivity index (χ0) is 12.3. The highest BCUT2D eigenvalue weighted by Crippen LogP contribution is 2.23. The van der Waals surface area contributed by atoms with Gasteiger partial charge in [-0.15, -0.1) is 0 Å². The first-order valence-electron chi connectivity index (χ1n) is 4.87. The molecule has 0 atom stereocenters. The predicted molar refractivity (Wildman–Crippen MR) is 64.0 cm³/mol. The van der Waals surface area contributed by atoms with Crippen LogP contribution in [-0.4, -0.2) is 21.1 Å². The van der Waals surface area contributed by atoms with Crippen molar-refractivity contribution >= 4 is 23.2 Å². The summed E-state index contributed by atoms with van der Waals surface area (Å²) in [5.41, 5.74) is 1.77. The molecular formula is C11H9ClN4O. The van der Waals surface area contributed by atoms with Crippen LogP contribution >= 0.6 is 11.6 Å². The van der Waals surface area contributed by atoms with Crippen LogP contribution in [0.4, 0.5) is 5.69 Å². The third kappa shape index (κ3) is 2.57. The van der Waals surface area contributed by atoms with Crippen molar-refractivity contribution in [1.82, 2.24) is 15.2 Å². The molecule has 6 heteroatoms. The van der Waals surface area contributed by atoms with Crippen LogP contribution in [0.25, 0.3) is 0 Å². The molecule has 86 valence electrons. The first kappa shape index (κ1) is 11.5. The maximum absolute atomic E-state index is 11.9. The molecule has 0 unspecified atom stereocenters. The lowest BCUT2D eigenvalue weighted by atomic mass is 10.2. The van der Waals surface area contributed by atoms with Crippen LogP contribution in [0.2, 0.25) is 5.15 Å². The summed E-state index contributed by atoms with van der Waals surface area (Å²) in [6, 6.07) is 3.34. The van der Waals surface area contributed by atoms with Crippen LogP contribution < -0.4 is 5.32 Å². The van der Waals surface area contributed by atoms with Gasteiger partial charge in [-0.3, -0.25) is 4.79 Å². The van der Waals surface area contributed by atoms with Crippen LogP contribution in [0.1, 0.15) is 15.9 Å². The molecule has 0 fully saturated rings. The second-order valence-electron chi connectivity index (χ2n) is 3.38. The van der Waals surface area contributed by atoms with Gasteiger partial charge in [-0.25, -0.2) is 4.98 Å². The molecule has 5 nitrogen and oxygen atoms in total. The van der Waals surface area contributed by atoms with Gasteiger partial charge in [-0.05, 0) is 24.6 Å². The number of halogens is 1. The second-order valence-corrected chi connectivity index (χ2v) is 3.74. The van der Waals surface area contributed by atoms with Crippen LogP contribution in [-0.2, 0) is 0 Å². The molecular weight excluding hydrogens is 240 g/mol. The van der Waals surface area contributed by atoms with E-state index in [1.54, 1.807) is 18.3 Å². The zero-order valence-electron chi connectivity index (χ0n) is 9.01. The molecule has 2 heterocycles. The Hall–Kier alpha value is -2.01. The Labute approximate surface area is 103 Å². The molecule has 1 amide bonds. The maximum Gasteiger partial charge on any atom is 0.257 e. The molecule has 0 saturated heterocycles. The Balaban J connectivity index is 2.25. The van der Waals surface area contributed by atoms with E-state index in [0.717, 1.165) is 5.56 Å². The fourth-order valence-corrected chi connectivity index (χ4v) is 1.54. The van der Waals surface area contributed by atoms with E-state index >= 15 is 0 Å². The lowest BCUT2D eigenvalue weighted by molar-refractivity contribution is 0.102. The van der Waals surface area contributed by atoms with Gasteiger partial charge in [0.2, 0.25) is 0 Å². The highest BCUT2D eigenvalue weighted by atomic mass is 35.5. The van der Waals surface area contributed by atoms with Gasteiger partial charge in [-0.2, -0.15) is 10.2 Å². The maximum atomic E-state index is 11.9. The van der Waals surface area contributed by atoms with Crippen LogP contribution in [0.3, 0.4) is 0 Å². The summed E-state index contributed by atoms with van der Waals surface area (Å²) in [7, 11) is 0. The number of hydrogen-bond acceptors (Lipinski definition) is 4. The molecule has 0 aliphatic rings. The monoisotopic (exact) mass is 248 g/mol. The minimum Gasteiger partial charge on any atom is -0.319 e. The number of amides is 1. The topological polar surface area (TPSA) is 67.8 Å². The first-order chi connectivity index (χ1) is 8.18. The molecule has 17 heavy (non-hydrogen) atoms. The molecule has 0 radical (unpaired) electrons. The van der Waals surface area contributed by atoms with Crippen molar-refractivity contribution in [1.29, 1.82) is 0 Å². The summed E-state index contributed by atoms with van der Waals surface area (Å²) in [5.74, 6) is -0.294. The average Bonchev–Trinajstić information content (AvgIpc) is 2.35. The number of aromatic nitrogens is 3. The van der Waals surface area contributed by atoms with E-state index in [1.165, 1.54) is 12.4 Å². The molecule has 2 aromatic heterocycles. The Morgan fingerprint density at radius 1 is 1.29 bits per heavy atom. The van der Waals surface area contributed by atoms with E-state index in [9.17, 15) is 4.79 Å². The number of carbonyl (C=O) groups excluding carboxylic acids is 1. The zero-order valence-corrected chi connectivity index (χ0v) is 9.77. The largest absolute Gasteiger partial charge is 0.319 e. The number of nitrogens with zero attached hydrogens (tertiary/aromatic N) is 3. The van der Waals surface area contributed by atoms with E-state index in [0.29, 0.717) is 11.3 Å². The minimum absolute atomic E-state index is 0.264. The first-order valence-corrected chi connectivity index (χ1v) is 5.25. The SMILES string of the molecule is Cc1ccnc(Cl)c1NC(=O)c1ccnnc1. The summed E-state index contributed by atoms with van der Waals surface area (Å²) in [5, 5.41) is 10.2. The lowest BCUT2D eigenvalue weighted by Gasteiger charge is -2.08. The van der Waals surface area contributed by atoms with Gasteiger partial charge >= 0.3 is 0 Å². The van der Waals surface area contributed by atoms with Crippen molar-refractivity contribution in [2.75, 3.05) is 5.32 Å². The smallest absolute Gasteiger partial charge is 0.257 e. The van der Waals surface area contributed by atoms with Crippen molar-refractivity contribution < 1.29 is 4.79 Å². The number of anilines is 1. The predicted octanol–water partition coefficient (Wildman–Crippen LogP) is 2.09. The van der Waals surface area contributed by atoms with Crippen molar-refractivity contribution in [3.05, 3.63) is 47.0 Å². The third-order valence-electron chi connectivity index (χ3n) is 2.20. The molecule has 0 aliphatic carbocycles. The molecule has 0 aromatic carbocycles. The fraction of sp³-hybridized carbons (Fsp3) is 0.0909. The summed E-state index contributed by atoms with van der Waals surface area (Å²) < 4.78 is 0. The summed E-state index contributed by atoms with van der Waals surface area (Å²) in [4.78, 5) is 15.8. The molecule has 0 aliphatic heterocycles. The van der Waals surface area contributed by atoms with Crippen molar-refractivity contribution in [3.8, 4) is 0 Å². The summed E-state index contributed by atoms with van der Waals surface area (Å²) in [6.45, 7) is 1.84. The number of hydrogen-bond donors (Lipinski definition) is 1. The lowest BCUT2D eigenvalue weighted by Crippen LogP contribution is -2.13. The van der Waals surface area contributed by atoms with Crippen LogP contribution in [0.5, 0.6) is 0 Å². The Kier molecular flexibility index (Phi) is 3.30. The third-order valence-corrected chi connectivity index (χ3v) is 2.48. The van der Waals surface area contributed by atoms with Crippen molar-refractivity contribution in [3.63, 3.8) is 0 Å². The Morgan fingerprint density at radius 2 is 2.12 bits per heavy atom. The highest BCUT2D eigenvalue weighted by Gasteiger charge is 2.11. The second kappa shape index (κ2) is 4.88. The van der Waals surface area contributed by atoms with Gasteiger partial charge in [0, 0.05) is 6.20 Å². The van der Waals surface area contributed by atoms with Crippen LogP contribution in [0, 0.1) is 6.92 Å². The molecule has 1 N–H and O–H groups in total. The van der Waals surface area contributed by atoms with E-state index in [-0.39, 0.29) is 11.1 Å². The molecule has 2 aromatic rings. The van der Waals surface area contributed by atoms with E-state index < -0.39 is 0 Å². The molecule has 0 spiro atoms. The number of aryl methyl sites for hydroxylation is 1. The Morgan fingerprint density at radius 3 is 2.76 bits per heavy atom. The van der Waals surface area contributed by atoms with Gasteiger partial charge in [-0.1, -0.05) is 11.6 Å². The standard InChI is InChI=1S/C11H9ClN4O/c1-7-2-4-13-10(12)9(7)16-11(17)8-3-5-14-15-6-8/h2-6H,1H3,(H,16,17). The van der Waals surface area contributed by atoms with Gasteiger partial charge in [0.25, 0.3) is 5.91 Å². The average molecular weight is 249 g/mol. The fourth-order valence-electron chi connectivity index (χ4n) is 1.29.